The van der Waals surface area contributed by atoms with Gasteiger partial charge in [-0.05, 0) is 0 Å². The van der Waals surface area contributed by atoms with E-state index >= 15 is 0 Å². The lowest BCUT2D eigenvalue weighted by Crippen LogP contribution is -2.44. The van der Waals surface area contributed by atoms with Crippen molar-refractivity contribution in [1.82, 2.24) is 10.3 Å². The van der Waals surface area contributed by atoms with Gasteiger partial charge in [-0.1, -0.05) is 0 Å². The fourth-order valence-corrected chi connectivity index (χ4v) is 0.920. The SMILES string of the molecule is COCCN=C(NN)N(C)CCC(F)(F)F. The van der Waals surface area contributed by atoms with Gasteiger partial charge in [0.2, 0.25) is 5.96 Å². The number of hydrogen-bond donors (Lipinski definition) is 2. The van der Waals surface area contributed by atoms with Crippen molar-refractivity contribution in [3.05, 3.63) is 0 Å². The third-order valence-electron chi connectivity index (χ3n) is 1.78. The molecular weight excluding hydrogens is 225 g/mol. The smallest absolute Gasteiger partial charge is 0.383 e. The van der Waals surface area contributed by atoms with Crippen molar-refractivity contribution >= 4 is 5.96 Å². The number of aliphatic imine (C=N–C) groups is 1. The van der Waals surface area contributed by atoms with Crippen LogP contribution in [0, 0.1) is 0 Å². The summed E-state index contributed by atoms with van der Waals surface area (Å²) in [5.41, 5.74) is 2.25. The first kappa shape index (κ1) is 15.0. The molecule has 0 amide bonds. The van der Waals surface area contributed by atoms with E-state index in [1.807, 2.05) is 0 Å². The van der Waals surface area contributed by atoms with E-state index in [1.54, 1.807) is 0 Å². The van der Waals surface area contributed by atoms with Crippen LogP contribution < -0.4 is 11.3 Å². The van der Waals surface area contributed by atoms with Gasteiger partial charge in [-0.3, -0.25) is 5.43 Å². The average molecular weight is 242 g/mol. The van der Waals surface area contributed by atoms with E-state index in [1.165, 1.54) is 19.1 Å². The number of nitrogens with one attached hydrogen (secondary N) is 1. The summed E-state index contributed by atoms with van der Waals surface area (Å²) in [4.78, 5) is 5.26. The number of hydrazine groups is 1. The summed E-state index contributed by atoms with van der Waals surface area (Å²) in [5, 5.41) is 0. The van der Waals surface area contributed by atoms with Crippen LogP contribution in [0.25, 0.3) is 0 Å². The maximum absolute atomic E-state index is 12.0. The Hall–Kier alpha value is -1.02. The largest absolute Gasteiger partial charge is 0.390 e. The van der Waals surface area contributed by atoms with Crippen LogP contribution in [0.5, 0.6) is 0 Å². The first-order chi connectivity index (χ1) is 7.40. The minimum Gasteiger partial charge on any atom is -0.383 e. The Balaban J connectivity index is 4.10. The summed E-state index contributed by atoms with van der Waals surface area (Å²) in [6.45, 7) is 0.532. The van der Waals surface area contributed by atoms with Gasteiger partial charge in [0.1, 0.15) is 0 Å². The lowest BCUT2D eigenvalue weighted by atomic mass is 10.4. The predicted molar refractivity (Wildman–Crippen MR) is 54.8 cm³/mol. The molecule has 0 saturated carbocycles. The zero-order valence-corrected chi connectivity index (χ0v) is 9.34. The van der Waals surface area contributed by atoms with Crippen LogP contribution in [0.1, 0.15) is 6.42 Å². The maximum atomic E-state index is 12.0. The third-order valence-corrected chi connectivity index (χ3v) is 1.78. The monoisotopic (exact) mass is 242 g/mol. The Kier molecular flexibility index (Phi) is 6.82. The second-order valence-corrected chi connectivity index (χ2v) is 3.13. The van der Waals surface area contributed by atoms with Crippen LogP contribution in [-0.2, 0) is 4.74 Å². The quantitative estimate of drug-likeness (QED) is 0.240. The van der Waals surface area contributed by atoms with Crippen molar-refractivity contribution in [1.29, 1.82) is 0 Å². The zero-order chi connectivity index (χ0) is 12.6. The summed E-state index contributed by atoms with van der Waals surface area (Å²) in [6, 6.07) is 0. The first-order valence-corrected chi connectivity index (χ1v) is 4.68. The Morgan fingerprint density at radius 1 is 1.50 bits per heavy atom. The van der Waals surface area contributed by atoms with Crippen LogP contribution in [-0.4, -0.2) is 50.9 Å². The van der Waals surface area contributed by atoms with Gasteiger partial charge in [-0.2, -0.15) is 13.2 Å². The van der Waals surface area contributed by atoms with Crippen molar-refractivity contribution in [3.63, 3.8) is 0 Å². The van der Waals surface area contributed by atoms with Gasteiger partial charge in [0.25, 0.3) is 0 Å². The molecule has 0 aliphatic carbocycles. The van der Waals surface area contributed by atoms with E-state index in [4.69, 9.17) is 10.6 Å². The number of ether oxygens (including phenoxy) is 1. The van der Waals surface area contributed by atoms with Crippen molar-refractivity contribution in [2.45, 2.75) is 12.6 Å². The summed E-state index contributed by atoms with van der Waals surface area (Å²) in [5.74, 6) is 5.36. The molecule has 0 atom stereocenters. The van der Waals surface area contributed by atoms with Crippen LogP contribution in [0.15, 0.2) is 4.99 Å². The number of hydrogen-bond acceptors (Lipinski definition) is 3. The number of methoxy groups -OCH3 is 1. The minimum atomic E-state index is -4.18. The zero-order valence-electron chi connectivity index (χ0n) is 9.34. The van der Waals surface area contributed by atoms with Gasteiger partial charge < -0.3 is 9.64 Å². The highest BCUT2D eigenvalue weighted by Gasteiger charge is 2.27. The van der Waals surface area contributed by atoms with Gasteiger partial charge in [0, 0.05) is 20.7 Å². The standard InChI is InChI=1S/C8H17F3N4O/c1-15(5-3-8(9,10)11)7(14-12)13-4-6-16-2/h3-6,12H2,1-2H3,(H,13,14). The molecule has 0 aromatic heterocycles. The fraction of sp³-hybridized carbons (Fsp3) is 0.875. The van der Waals surface area contributed by atoms with Gasteiger partial charge in [-0.15, -0.1) is 0 Å². The second kappa shape index (κ2) is 7.29. The molecule has 0 saturated heterocycles. The summed E-state index contributed by atoms with van der Waals surface area (Å²) in [6.07, 6.45) is -5.09. The predicted octanol–water partition coefficient (Wildman–Crippen LogP) is 0.336. The summed E-state index contributed by atoms with van der Waals surface area (Å²) < 4.78 is 40.6. The molecule has 0 rings (SSSR count). The van der Waals surface area contributed by atoms with Crippen LogP contribution >= 0.6 is 0 Å². The Morgan fingerprint density at radius 2 is 2.12 bits per heavy atom. The van der Waals surface area contributed by atoms with Gasteiger partial charge in [-0.25, -0.2) is 10.8 Å². The lowest BCUT2D eigenvalue weighted by Gasteiger charge is -2.21. The van der Waals surface area contributed by atoms with Crippen molar-refractivity contribution in [2.75, 3.05) is 33.9 Å². The van der Waals surface area contributed by atoms with E-state index < -0.39 is 12.6 Å². The Labute approximate surface area is 92.4 Å². The molecule has 5 nitrogen and oxygen atoms in total. The normalized spacial score (nSPS) is 12.8. The molecule has 8 heteroatoms. The number of nitrogens with zero attached hydrogens (tertiary/aromatic N) is 2. The first-order valence-electron chi connectivity index (χ1n) is 4.68. The van der Waals surface area contributed by atoms with E-state index in [9.17, 15) is 13.2 Å². The molecule has 0 fully saturated rings. The Bertz CT molecular complexity index is 220. The van der Waals surface area contributed by atoms with Gasteiger partial charge >= 0.3 is 6.18 Å². The van der Waals surface area contributed by atoms with Gasteiger partial charge in [0.05, 0.1) is 19.6 Å². The number of alkyl halides is 3. The highest BCUT2D eigenvalue weighted by molar-refractivity contribution is 5.79. The maximum Gasteiger partial charge on any atom is 0.390 e. The minimum absolute atomic E-state index is 0.195. The van der Waals surface area contributed by atoms with E-state index in [-0.39, 0.29) is 12.5 Å². The molecule has 96 valence electrons. The number of rotatable bonds is 5. The molecule has 0 spiro atoms. The topological polar surface area (TPSA) is 62.9 Å². The molecule has 0 bridgehead atoms. The molecule has 0 unspecified atom stereocenters. The number of halogens is 3. The molecule has 3 N–H and O–H groups in total. The van der Waals surface area contributed by atoms with Crippen LogP contribution in [0.2, 0.25) is 0 Å². The fourth-order valence-electron chi connectivity index (χ4n) is 0.920. The van der Waals surface area contributed by atoms with Gasteiger partial charge in [0.15, 0.2) is 0 Å². The molecule has 0 aliphatic heterocycles. The summed E-state index contributed by atoms with van der Waals surface area (Å²) in [7, 11) is 3.00. The molecule has 0 aliphatic rings. The second-order valence-electron chi connectivity index (χ2n) is 3.13. The number of guanidine groups is 1. The van der Waals surface area contributed by atoms with Crippen molar-refractivity contribution in [3.8, 4) is 0 Å². The highest BCUT2D eigenvalue weighted by Crippen LogP contribution is 2.19. The molecule has 16 heavy (non-hydrogen) atoms. The molecule has 0 aromatic carbocycles. The van der Waals surface area contributed by atoms with E-state index in [2.05, 4.69) is 10.4 Å². The third kappa shape index (κ3) is 7.30. The highest BCUT2D eigenvalue weighted by atomic mass is 19.4. The molecule has 0 heterocycles. The van der Waals surface area contributed by atoms with E-state index in [0.29, 0.717) is 13.2 Å². The van der Waals surface area contributed by atoms with Crippen LogP contribution in [0.4, 0.5) is 13.2 Å². The van der Waals surface area contributed by atoms with E-state index in [0.717, 1.165) is 0 Å². The van der Waals surface area contributed by atoms with Crippen molar-refractivity contribution < 1.29 is 17.9 Å². The summed E-state index contributed by atoms with van der Waals surface area (Å²) >= 11 is 0. The Morgan fingerprint density at radius 3 is 2.56 bits per heavy atom. The lowest BCUT2D eigenvalue weighted by molar-refractivity contribution is -0.135. The molecular formula is C8H17F3N4O. The van der Waals surface area contributed by atoms with Crippen LogP contribution in [0.3, 0.4) is 0 Å². The average Bonchev–Trinajstić information content (AvgIpc) is 2.20. The molecule has 0 radical (unpaired) electrons. The molecule has 0 aromatic rings. The number of nitrogens with two attached hydrogens (primary N) is 1. The van der Waals surface area contributed by atoms with Crippen molar-refractivity contribution in [2.24, 2.45) is 10.8 Å².